The van der Waals surface area contributed by atoms with E-state index < -0.39 is 23.1 Å². The van der Waals surface area contributed by atoms with Crippen LogP contribution in [-0.2, 0) is 14.3 Å². The summed E-state index contributed by atoms with van der Waals surface area (Å²) in [6, 6.07) is 0. The van der Waals surface area contributed by atoms with Gasteiger partial charge in [0.15, 0.2) is 0 Å². The van der Waals surface area contributed by atoms with E-state index in [0.29, 0.717) is 12.1 Å². The van der Waals surface area contributed by atoms with Crippen LogP contribution in [0.3, 0.4) is 0 Å². The van der Waals surface area contributed by atoms with Crippen molar-refractivity contribution in [2.45, 2.75) is 70.1 Å². The zero-order valence-corrected chi connectivity index (χ0v) is 21.3. The summed E-state index contributed by atoms with van der Waals surface area (Å²) < 4.78 is 5.61. The lowest BCUT2D eigenvalue weighted by molar-refractivity contribution is -0.144. The zero-order chi connectivity index (χ0) is 25.8. The van der Waals surface area contributed by atoms with Gasteiger partial charge in [0, 0.05) is 11.6 Å². The van der Waals surface area contributed by atoms with Crippen molar-refractivity contribution in [2.75, 3.05) is 0 Å². The molecule has 2 aliphatic carbocycles. The van der Waals surface area contributed by atoms with Crippen LogP contribution in [0.25, 0.3) is 0 Å². The highest BCUT2D eigenvalue weighted by Gasteiger charge is 2.68. The van der Waals surface area contributed by atoms with Gasteiger partial charge in [-0.05, 0) is 81.1 Å². The number of esters is 1. The lowest BCUT2D eigenvalue weighted by Gasteiger charge is -2.58. The fourth-order valence-corrected chi connectivity index (χ4v) is 6.26. The Morgan fingerprint density at radius 2 is 1.94 bits per heavy atom. The van der Waals surface area contributed by atoms with Crippen LogP contribution in [-0.4, -0.2) is 29.4 Å². The maximum atomic E-state index is 12.7. The molecule has 3 aliphatic rings. The normalized spacial score (nSPS) is 38.4. The molecule has 190 valence electrons. The van der Waals surface area contributed by atoms with E-state index in [-0.39, 0.29) is 23.7 Å². The van der Waals surface area contributed by atoms with Crippen LogP contribution < -0.4 is 17.2 Å². The van der Waals surface area contributed by atoms with Crippen molar-refractivity contribution in [3.63, 3.8) is 0 Å². The van der Waals surface area contributed by atoms with Gasteiger partial charge in [0.1, 0.15) is 12.4 Å². The molecule has 1 aliphatic heterocycles. The van der Waals surface area contributed by atoms with Crippen LogP contribution in [0.15, 0.2) is 72.0 Å². The Morgan fingerprint density at radius 3 is 2.60 bits per heavy atom. The maximum absolute atomic E-state index is 12.7. The molecule has 0 radical (unpaired) electrons. The van der Waals surface area contributed by atoms with Gasteiger partial charge < -0.3 is 26.7 Å². The van der Waals surface area contributed by atoms with Gasteiger partial charge in [-0.15, -0.1) is 0 Å². The Morgan fingerprint density at radius 1 is 1.20 bits per heavy atom. The molecular weight excluding hydrogens is 438 g/mol. The van der Waals surface area contributed by atoms with Crippen LogP contribution >= 0.6 is 0 Å². The summed E-state index contributed by atoms with van der Waals surface area (Å²) in [5.41, 5.74) is 21.0. The first-order valence-electron chi connectivity index (χ1n) is 12.7. The van der Waals surface area contributed by atoms with Crippen molar-refractivity contribution < 1.29 is 14.3 Å². The van der Waals surface area contributed by atoms with Gasteiger partial charge in [0.25, 0.3) is 0 Å². The Bertz CT molecular complexity index is 991. The third kappa shape index (κ3) is 5.00. The van der Waals surface area contributed by atoms with Crippen molar-refractivity contribution in [3.05, 3.63) is 72.0 Å². The molecule has 1 heterocycles. The summed E-state index contributed by atoms with van der Waals surface area (Å²) in [5.74, 6) is -0.623. The van der Waals surface area contributed by atoms with E-state index in [2.05, 4.69) is 19.6 Å². The number of nitrogens with two attached hydrogens (primary N) is 3. The highest BCUT2D eigenvalue weighted by molar-refractivity contribution is 5.78. The first kappa shape index (κ1) is 26.9. The Hall–Kier alpha value is -2.70. The minimum absolute atomic E-state index is 0.000457. The first-order chi connectivity index (χ1) is 16.6. The van der Waals surface area contributed by atoms with Crippen LogP contribution in [0, 0.1) is 23.7 Å². The van der Waals surface area contributed by atoms with Crippen LogP contribution in [0.5, 0.6) is 0 Å². The van der Waals surface area contributed by atoms with Crippen molar-refractivity contribution in [1.29, 1.82) is 0 Å². The predicted molar refractivity (Wildman–Crippen MR) is 141 cm³/mol. The summed E-state index contributed by atoms with van der Waals surface area (Å²) in [4.78, 5) is 24.2. The molecule has 7 atom stereocenters. The molecule has 3 fully saturated rings. The van der Waals surface area contributed by atoms with E-state index in [1.54, 1.807) is 12.2 Å². The number of carbonyl (C=O) groups excluding carboxylic acids is 2. The number of cyclic esters (lactones) is 1. The molecular formula is C29H41N3O3. The van der Waals surface area contributed by atoms with Crippen molar-refractivity contribution in [2.24, 2.45) is 40.9 Å². The quantitative estimate of drug-likeness (QED) is 0.275. The minimum Gasteiger partial charge on any atom is -0.460 e. The summed E-state index contributed by atoms with van der Waals surface area (Å²) in [7, 11) is 0. The highest BCUT2D eigenvalue weighted by Crippen LogP contribution is 2.56. The topological polar surface area (TPSA) is 121 Å². The minimum atomic E-state index is -1.04. The van der Waals surface area contributed by atoms with Gasteiger partial charge in [-0.2, -0.15) is 0 Å². The molecule has 2 saturated carbocycles. The molecule has 6 N–H and O–H groups in total. The second-order valence-electron chi connectivity index (χ2n) is 10.3. The van der Waals surface area contributed by atoms with E-state index in [1.807, 2.05) is 44.2 Å². The number of rotatable bonds is 8. The van der Waals surface area contributed by atoms with Gasteiger partial charge >= 0.3 is 5.97 Å². The first-order valence-corrected chi connectivity index (χ1v) is 12.7. The van der Waals surface area contributed by atoms with E-state index in [9.17, 15) is 9.59 Å². The monoisotopic (exact) mass is 479 g/mol. The van der Waals surface area contributed by atoms with Crippen LogP contribution in [0.2, 0.25) is 0 Å². The Labute approximate surface area is 209 Å². The van der Waals surface area contributed by atoms with Gasteiger partial charge in [-0.1, -0.05) is 50.0 Å². The Balaban J connectivity index is 1.94. The number of aldehydes is 1. The number of carbonyl (C=O) groups is 2. The molecule has 0 spiro atoms. The molecule has 4 unspecified atom stereocenters. The number of fused-ring (bicyclic) bond motifs is 2. The average Bonchev–Trinajstić information content (AvgIpc) is 3.07. The molecule has 0 aromatic heterocycles. The Kier molecular flexibility index (Phi) is 8.39. The molecule has 35 heavy (non-hydrogen) atoms. The molecule has 0 bridgehead atoms. The number of hydrogen-bond donors (Lipinski definition) is 3. The highest BCUT2D eigenvalue weighted by atomic mass is 16.6. The standard InChI is InChI=1S/C29H41N3O3/c1-5-7-8-9-19(3)22(6-2)11-12-24(30)14-15-28(31)25-13-10-21(18-33)16-23(25)17-26-27(34)35-20(4)29(26,28)32/h6-9,11-12,14-15,18,20-21,23,25-26H,2,5,10,13,16-17,30-32H2,1,3-4H3/b8-7-,15-14+,19-9+,22-11+,24-12-/t20-,21-,23?,25-,26?,28?,29?/m1/s1. The van der Waals surface area contributed by atoms with E-state index >= 15 is 0 Å². The molecule has 0 amide bonds. The summed E-state index contributed by atoms with van der Waals surface area (Å²) in [6.07, 6.45) is 19.8. The summed E-state index contributed by atoms with van der Waals surface area (Å²) >= 11 is 0. The maximum Gasteiger partial charge on any atom is 0.311 e. The summed E-state index contributed by atoms with van der Waals surface area (Å²) in [6.45, 7) is 9.85. The largest absolute Gasteiger partial charge is 0.460 e. The second-order valence-corrected chi connectivity index (χ2v) is 10.3. The lowest BCUT2D eigenvalue weighted by atomic mass is 9.49. The van der Waals surface area contributed by atoms with Gasteiger partial charge in [0.2, 0.25) is 0 Å². The molecule has 1 saturated heterocycles. The lowest BCUT2D eigenvalue weighted by Crippen LogP contribution is -2.77. The molecule has 6 heteroatoms. The SMILES string of the molecule is C=CC(=C\C=C(N)\C=C\C1(N)[C@@H]2CC[C@@H](C=O)CC2CC2C(=O)O[C@H](C)C21N)/C(C)=C/C=C\CC. The third-order valence-electron chi connectivity index (χ3n) is 8.34. The fourth-order valence-electron chi connectivity index (χ4n) is 6.26. The average molecular weight is 480 g/mol. The zero-order valence-electron chi connectivity index (χ0n) is 21.3. The number of hydrogen-bond acceptors (Lipinski definition) is 6. The van der Waals surface area contributed by atoms with Crippen LogP contribution in [0.1, 0.15) is 52.9 Å². The van der Waals surface area contributed by atoms with E-state index in [4.69, 9.17) is 21.9 Å². The smallest absolute Gasteiger partial charge is 0.311 e. The van der Waals surface area contributed by atoms with Crippen LogP contribution in [0.4, 0.5) is 0 Å². The molecule has 0 aromatic carbocycles. The van der Waals surface area contributed by atoms with Gasteiger partial charge in [-0.3, -0.25) is 4.79 Å². The second kappa shape index (κ2) is 10.9. The molecule has 6 nitrogen and oxygen atoms in total. The number of allylic oxidation sites excluding steroid dienone is 9. The number of ether oxygens (including phenoxy) is 1. The van der Waals surface area contributed by atoms with Crippen molar-refractivity contribution >= 4 is 12.3 Å². The predicted octanol–water partition coefficient (Wildman–Crippen LogP) is 4.00. The van der Waals surface area contributed by atoms with Crippen molar-refractivity contribution in [1.82, 2.24) is 0 Å². The van der Waals surface area contributed by atoms with E-state index in [0.717, 1.165) is 43.1 Å². The van der Waals surface area contributed by atoms with Gasteiger partial charge in [-0.25, -0.2) is 0 Å². The van der Waals surface area contributed by atoms with Gasteiger partial charge in [0.05, 0.1) is 17.0 Å². The third-order valence-corrected chi connectivity index (χ3v) is 8.34. The summed E-state index contributed by atoms with van der Waals surface area (Å²) in [5, 5.41) is 0. The fraction of sp³-hybridized carbons (Fsp3) is 0.517. The van der Waals surface area contributed by atoms with E-state index in [1.165, 1.54) is 0 Å². The van der Waals surface area contributed by atoms with Crippen molar-refractivity contribution in [3.8, 4) is 0 Å². The molecule has 3 rings (SSSR count). The molecule has 0 aromatic rings.